The number of benzene rings is 3. The fourth-order valence-electron chi connectivity index (χ4n) is 5.02. The number of halogens is 2. The minimum atomic E-state index is -0.542. The summed E-state index contributed by atoms with van der Waals surface area (Å²) in [6.07, 6.45) is 1.51. The van der Waals surface area contributed by atoms with Crippen LogP contribution in [0.2, 0.25) is 10.0 Å². The smallest absolute Gasteiger partial charge is 0.320 e. The Kier molecular flexibility index (Phi) is 13.7. The fourth-order valence-corrected chi connectivity index (χ4v) is 5.39. The van der Waals surface area contributed by atoms with Crippen LogP contribution in [0.5, 0.6) is 11.5 Å². The average molecular weight is 764 g/mol. The highest BCUT2D eigenvalue weighted by atomic mass is 35.5. The monoisotopic (exact) mass is 762 g/mol. The van der Waals surface area contributed by atoms with E-state index in [2.05, 4.69) is 21.3 Å². The fraction of sp³-hybridized carbons (Fsp3) is 0.282. The van der Waals surface area contributed by atoms with Gasteiger partial charge in [-0.15, -0.1) is 0 Å². The van der Waals surface area contributed by atoms with Gasteiger partial charge in [-0.1, -0.05) is 74.3 Å². The Morgan fingerprint density at radius 1 is 0.981 bits per heavy atom. The molecule has 0 bridgehead atoms. The van der Waals surface area contributed by atoms with Crippen LogP contribution in [-0.2, 0) is 17.9 Å². The molecule has 3 amide bonds. The predicted octanol–water partition coefficient (Wildman–Crippen LogP) is 7.24. The van der Waals surface area contributed by atoms with Crippen LogP contribution in [0.4, 0.5) is 10.5 Å². The number of rotatable bonds is 14. The van der Waals surface area contributed by atoms with Crippen LogP contribution < -0.4 is 31.6 Å². The van der Waals surface area contributed by atoms with Crippen molar-refractivity contribution in [2.24, 2.45) is 5.41 Å². The molecule has 0 unspecified atom stereocenters. The topological polar surface area (TPSA) is 167 Å². The van der Waals surface area contributed by atoms with E-state index in [1.807, 2.05) is 52.0 Å². The summed E-state index contributed by atoms with van der Waals surface area (Å²) in [6, 6.07) is 18.1. The number of aromatic hydroxyl groups is 1. The summed E-state index contributed by atoms with van der Waals surface area (Å²) in [5.41, 5.74) is 3.50. The van der Waals surface area contributed by atoms with Gasteiger partial charge in [-0.05, 0) is 60.9 Å². The van der Waals surface area contributed by atoms with E-state index in [4.69, 9.17) is 38.1 Å². The first-order valence-electron chi connectivity index (χ1n) is 16.7. The van der Waals surface area contributed by atoms with Gasteiger partial charge in [-0.25, -0.2) is 4.79 Å². The van der Waals surface area contributed by atoms with Crippen molar-refractivity contribution in [3.8, 4) is 17.2 Å². The highest BCUT2D eigenvalue weighted by Gasteiger charge is 2.19. The number of allylic oxidation sites excluding steroid dienone is 1. The maximum atomic E-state index is 13.6. The van der Waals surface area contributed by atoms with E-state index in [1.54, 1.807) is 44.4 Å². The number of methoxy groups -OCH3 is 1. The molecule has 0 saturated carbocycles. The first-order chi connectivity index (χ1) is 25.1. The molecule has 0 aliphatic carbocycles. The molecule has 0 radical (unpaired) electrons. The highest BCUT2D eigenvalue weighted by Crippen LogP contribution is 2.28. The van der Waals surface area contributed by atoms with Crippen LogP contribution >= 0.6 is 23.2 Å². The number of phenols is 1. The van der Waals surface area contributed by atoms with Crippen molar-refractivity contribution in [2.45, 2.75) is 47.8 Å². The van der Waals surface area contributed by atoms with Crippen molar-refractivity contribution in [3.63, 3.8) is 0 Å². The molecule has 0 fully saturated rings. The van der Waals surface area contributed by atoms with E-state index in [-0.39, 0.29) is 52.1 Å². The van der Waals surface area contributed by atoms with Crippen LogP contribution in [0.1, 0.15) is 53.5 Å². The lowest BCUT2D eigenvalue weighted by Gasteiger charge is -2.20. The van der Waals surface area contributed by atoms with Crippen molar-refractivity contribution in [1.29, 1.82) is 5.41 Å². The number of carbonyl (C=O) groups is 2. The van der Waals surface area contributed by atoms with Gasteiger partial charge in [0.15, 0.2) is 0 Å². The number of amides is 3. The number of phenolic OH excluding ortho intramolecular Hbond substituents is 1. The van der Waals surface area contributed by atoms with E-state index in [1.165, 1.54) is 22.8 Å². The Morgan fingerprint density at radius 3 is 2.38 bits per heavy atom. The SMILES string of the molecule is COCCNC(=O)c1ccc(C)c(-n2c(C)cc(OCc3ccccc3CNC(=O)N/C(=C/C(=N)C(C)(C)C)Nc3ccc(O)c(Cl)c3)c(Cl)c2=O)c1. The lowest BCUT2D eigenvalue weighted by Crippen LogP contribution is -2.37. The van der Waals surface area contributed by atoms with Gasteiger partial charge in [0.2, 0.25) is 0 Å². The summed E-state index contributed by atoms with van der Waals surface area (Å²) in [7, 11) is 1.55. The second kappa shape index (κ2) is 18.0. The Hall–Kier alpha value is -5.30. The number of nitrogens with zero attached hydrogens (tertiary/aromatic N) is 1. The predicted molar refractivity (Wildman–Crippen MR) is 209 cm³/mol. The van der Waals surface area contributed by atoms with Crippen LogP contribution in [0.25, 0.3) is 5.69 Å². The lowest BCUT2D eigenvalue weighted by molar-refractivity contribution is 0.0937. The number of hydrogen-bond donors (Lipinski definition) is 6. The number of pyridine rings is 1. The Morgan fingerprint density at radius 2 is 1.70 bits per heavy atom. The van der Waals surface area contributed by atoms with Crippen LogP contribution in [-0.4, -0.2) is 47.6 Å². The molecule has 0 aliphatic heterocycles. The van der Waals surface area contributed by atoms with Crippen molar-refractivity contribution in [1.82, 2.24) is 20.5 Å². The van der Waals surface area contributed by atoms with E-state index >= 15 is 0 Å². The molecule has 6 N–H and O–H groups in total. The van der Waals surface area contributed by atoms with Crippen LogP contribution in [0.3, 0.4) is 0 Å². The average Bonchev–Trinajstić information content (AvgIpc) is 3.10. The largest absolute Gasteiger partial charge is 0.506 e. The molecule has 4 rings (SSSR count). The molecule has 53 heavy (non-hydrogen) atoms. The zero-order valence-corrected chi connectivity index (χ0v) is 32.0. The third kappa shape index (κ3) is 10.9. The second-order valence-electron chi connectivity index (χ2n) is 13.2. The van der Waals surface area contributed by atoms with Gasteiger partial charge in [0.05, 0.1) is 17.3 Å². The molecular weight excluding hydrogens is 719 g/mol. The number of hydrogen-bond acceptors (Lipinski definition) is 8. The minimum Gasteiger partial charge on any atom is -0.506 e. The lowest BCUT2D eigenvalue weighted by atomic mass is 9.90. The maximum absolute atomic E-state index is 13.6. The number of nitrogens with one attached hydrogen (secondary N) is 5. The van der Waals surface area contributed by atoms with Gasteiger partial charge >= 0.3 is 6.03 Å². The molecule has 0 saturated heterocycles. The molecule has 0 spiro atoms. The molecule has 14 heteroatoms. The number of carbonyl (C=O) groups excluding carboxylic acids is 2. The second-order valence-corrected chi connectivity index (χ2v) is 14.0. The quantitative estimate of drug-likeness (QED) is 0.0448. The van der Waals surface area contributed by atoms with Crippen molar-refractivity contribution in [2.75, 3.05) is 25.6 Å². The van der Waals surface area contributed by atoms with Crippen molar-refractivity contribution >= 4 is 46.5 Å². The minimum absolute atomic E-state index is 0.0509. The van der Waals surface area contributed by atoms with Gasteiger partial charge < -0.3 is 35.9 Å². The zero-order valence-electron chi connectivity index (χ0n) is 30.4. The van der Waals surface area contributed by atoms with Crippen LogP contribution in [0, 0.1) is 24.7 Å². The molecule has 0 aliphatic rings. The number of aryl methyl sites for hydroxylation is 2. The van der Waals surface area contributed by atoms with Crippen molar-refractivity contribution < 1.29 is 24.2 Å². The molecule has 3 aromatic carbocycles. The summed E-state index contributed by atoms with van der Waals surface area (Å²) >= 11 is 12.7. The summed E-state index contributed by atoms with van der Waals surface area (Å²) in [4.78, 5) is 39.4. The standard InChI is InChI=1S/C39H44Cl2N6O6/c1-23-11-12-25(36(49)43-15-16-52-6)18-30(23)47-24(2)17-32(35(41)37(47)50)53-22-27-10-8-7-9-26(27)21-44-38(51)46-34(20-33(42)39(3,4)5)45-28-13-14-31(48)29(40)19-28/h7-14,17-20,42,45,48H,15-16,21-22H2,1-6H3,(H,43,49)(H2,44,46,51)/b34-20+,42-33?. The molecule has 0 atom stereocenters. The van der Waals surface area contributed by atoms with Crippen LogP contribution in [0.15, 0.2) is 83.4 Å². The Balaban J connectivity index is 1.48. The Bertz CT molecular complexity index is 2090. The third-order valence-corrected chi connectivity index (χ3v) is 8.77. The first kappa shape index (κ1) is 40.5. The third-order valence-electron chi connectivity index (χ3n) is 8.12. The van der Waals surface area contributed by atoms with Gasteiger partial charge in [0.1, 0.15) is 28.9 Å². The van der Waals surface area contributed by atoms with E-state index < -0.39 is 17.0 Å². The maximum Gasteiger partial charge on any atom is 0.320 e. The summed E-state index contributed by atoms with van der Waals surface area (Å²) in [6.45, 7) is 10.1. The number of aromatic nitrogens is 1. The molecule has 1 heterocycles. The first-order valence-corrected chi connectivity index (χ1v) is 17.5. The number of urea groups is 1. The molecular formula is C39H44Cl2N6O6. The number of ether oxygens (including phenoxy) is 2. The van der Waals surface area contributed by atoms with Gasteiger partial charge in [-0.2, -0.15) is 0 Å². The zero-order chi connectivity index (χ0) is 38.9. The molecule has 12 nitrogen and oxygen atoms in total. The van der Waals surface area contributed by atoms with E-state index in [0.717, 1.165) is 16.7 Å². The summed E-state index contributed by atoms with van der Waals surface area (Å²) in [5.74, 6) is 0.0408. The molecule has 4 aromatic rings. The number of anilines is 1. The van der Waals surface area contributed by atoms with Gasteiger partial charge in [0, 0.05) is 60.4 Å². The normalized spacial score (nSPS) is 11.5. The summed E-state index contributed by atoms with van der Waals surface area (Å²) in [5, 5.41) is 29.7. The van der Waals surface area contributed by atoms with Gasteiger partial charge in [0.25, 0.3) is 11.5 Å². The highest BCUT2D eigenvalue weighted by molar-refractivity contribution is 6.32. The summed E-state index contributed by atoms with van der Waals surface area (Å²) < 4.78 is 12.5. The Labute approximate surface area is 318 Å². The van der Waals surface area contributed by atoms with E-state index in [9.17, 15) is 19.5 Å². The molecule has 1 aromatic heterocycles. The van der Waals surface area contributed by atoms with Crippen molar-refractivity contribution in [3.05, 3.63) is 127 Å². The molecule has 280 valence electrons. The van der Waals surface area contributed by atoms with E-state index in [0.29, 0.717) is 35.8 Å². The van der Waals surface area contributed by atoms with Gasteiger partial charge in [-0.3, -0.25) is 19.5 Å².